The molecule has 0 aromatic heterocycles. The lowest BCUT2D eigenvalue weighted by Gasteiger charge is -2.01. The van der Waals surface area contributed by atoms with Crippen LogP contribution in [0.5, 0.6) is 0 Å². The summed E-state index contributed by atoms with van der Waals surface area (Å²) in [5.74, 6) is 0. The van der Waals surface area contributed by atoms with Crippen molar-refractivity contribution in [3.8, 4) is 0 Å². The maximum absolute atomic E-state index is 5.51. The molecule has 12 heavy (non-hydrogen) atoms. The molecule has 0 saturated heterocycles. The Kier molecular flexibility index (Phi) is 3.23. The Morgan fingerprint density at radius 1 is 1.50 bits per heavy atom. The fraction of sp³-hybridized carbons (Fsp3) is 0.300. The number of aryl methyl sites for hydroxylation is 1. The molecule has 1 nitrogen and oxygen atoms in total. The molecule has 0 unspecified atom stereocenters. The lowest BCUT2D eigenvalue weighted by molar-refractivity contribution is 0.921. The van der Waals surface area contributed by atoms with Crippen LogP contribution in [-0.2, 0) is 6.42 Å². The molecule has 2 heteroatoms. The third-order valence-corrected chi connectivity index (χ3v) is 1.99. The van der Waals surface area contributed by atoms with Crippen LogP contribution in [0.2, 0.25) is 0 Å². The molecule has 0 aliphatic carbocycles. The van der Waals surface area contributed by atoms with E-state index in [-0.39, 0.29) is 0 Å². The molecule has 64 valence electrons. The third kappa shape index (κ3) is 2.31. The van der Waals surface area contributed by atoms with Gasteiger partial charge >= 0.3 is 0 Å². The molecule has 1 aromatic carbocycles. The minimum Gasteiger partial charge on any atom is -0.389 e. The van der Waals surface area contributed by atoms with Crippen molar-refractivity contribution in [2.75, 3.05) is 0 Å². The van der Waals surface area contributed by atoms with Gasteiger partial charge < -0.3 is 5.73 Å². The quantitative estimate of drug-likeness (QED) is 0.720. The zero-order valence-electron chi connectivity index (χ0n) is 7.21. The molecule has 0 spiro atoms. The SMILES string of the molecule is CCCc1cccc(C(N)=S)c1. The number of nitrogens with two attached hydrogens (primary N) is 1. The van der Waals surface area contributed by atoms with E-state index in [0.29, 0.717) is 4.99 Å². The molecule has 1 aromatic rings. The van der Waals surface area contributed by atoms with Gasteiger partial charge in [-0.25, -0.2) is 0 Å². The van der Waals surface area contributed by atoms with Crippen LogP contribution in [0, 0.1) is 0 Å². The fourth-order valence-electron chi connectivity index (χ4n) is 1.17. The van der Waals surface area contributed by atoms with Gasteiger partial charge in [-0.3, -0.25) is 0 Å². The highest BCUT2D eigenvalue weighted by molar-refractivity contribution is 7.80. The predicted molar refractivity (Wildman–Crippen MR) is 56.3 cm³/mol. The van der Waals surface area contributed by atoms with Crippen molar-refractivity contribution in [3.63, 3.8) is 0 Å². The van der Waals surface area contributed by atoms with Crippen LogP contribution in [0.3, 0.4) is 0 Å². The number of rotatable bonds is 3. The van der Waals surface area contributed by atoms with E-state index in [4.69, 9.17) is 18.0 Å². The van der Waals surface area contributed by atoms with Crippen LogP contribution >= 0.6 is 12.2 Å². The van der Waals surface area contributed by atoms with E-state index in [0.717, 1.165) is 18.4 Å². The second kappa shape index (κ2) is 4.21. The number of hydrogen-bond donors (Lipinski definition) is 1. The molecule has 2 N–H and O–H groups in total. The van der Waals surface area contributed by atoms with Crippen molar-refractivity contribution in [1.82, 2.24) is 0 Å². The molecule has 0 heterocycles. The predicted octanol–water partition coefficient (Wildman–Crippen LogP) is 2.27. The molecule has 0 saturated carbocycles. The average molecular weight is 179 g/mol. The second-order valence-corrected chi connectivity index (χ2v) is 3.25. The molecular formula is C10H13NS. The highest BCUT2D eigenvalue weighted by atomic mass is 32.1. The lowest BCUT2D eigenvalue weighted by Crippen LogP contribution is -2.09. The van der Waals surface area contributed by atoms with E-state index in [1.165, 1.54) is 5.56 Å². The summed E-state index contributed by atoms with van der Waals surface area (Å²) >= 11 is 4.88. The van der Waals surface area contributed by atoms with Crippen LogP contribution in [-0.4, -0.2) is 4.99 Å². The van der Waals surface area contributed by atoms with Gasteiger partial charge in [0.2, 0.25) is 0 Å². The van der Waals surface area contributed by atoms with E-state index < -0.39 is 0 Å². The summed E-state index contributed by atoms with van der Waals surface area (Å²) in [6.07, 6.45) is 2.25. The van der Waals surface area contributed by atoms with Gasteiger partial charge in [-0.1, -0.05) is 43.8 Å². The van der Waals surface area contributed by atoms with E-state index in [1.54, 1.807) is 0 Å². The Hall–Kier alpha value is -0.890. The highest BCUT2D eigenvalue weighted by Crippen LogP contribution is 2.07. The van der Waals surface area contributed by atoms with Gasteiger partial charge in [-0.2, -0.15) is 0 Å². The fourth-order valence-corrected chi connectivity index (χ4v) is 1.30. The summed E-state index contributed by atoms with van der Waals surface area (Å²) in [4.78, 5) is 0.480. The summed E-state index contributed by atoms with van der Waals surface area (Å²) in [5, 5.41) is 0. The first-order valence-electron chi connectivity index (χ1n) is 4.12. The van der Waals surface area contributed by atoms with Gasteiger partial charge in [0, 0.05) is 5.56 Å². The average Bonchev–Trinajstić information content (AvgIpc) is 2.05. The van der Waals surface area contributed by atoms with E-state index in [2.05, 4.69) is 19.1 Å². The molecular weight excluding hydrogens is 166 g/mol. The van der Waals surface area contributed by atoms with Gasteiger partial charge in [-0.15, -0.1) is 0 Å². The lowest BCUT2D eigenvalue weighted by atomic mass is 10.1. The summed E-state index contributed by atoms with van der Waals surface area (Å²) < 4.78 is 0. The first kappa shape index (κ1) is 9.20. The van der Waals surface area contributed by atoms with Crippen molar-refractivity contribution in [1.29, 1.82) is 0 Å². The minimum atomic E-state index is 0.480. The van der Waals surface area contributed by atoms with Crippen LogP contribution in [0.25, 0.3) is 0 Å². The molecule has 0 aliphatic rings. The molecule has 0 bridgehead atoms. The Bertz CT molecular complexity index is 281. The van der Waals surface area contributed by atoms with Crippen LogP contribution < -0.4 is 5.73 Å². The molecule has 0 atom stereocenters. The normalized spacial score (nSPS) is 9.75. The van der Waals surface area contributed by atoms with Crippen molar-refractivity contribution < 1.29 is 0 Å². The van der Waals surface area contributed by atoms with Crippen molar-refractivity contribution in [2.24, 2.45) is 5.73 Å². The third-order valence-electron chi connectivity index (χ3n) is 1.75. The summed E-state index contributed by atoms with van der Waals surface area (Å²) in [6.45, 7) is 2.16. The van der Waals surface area contributed by atoms with E-state index in [9.17, 15) is 0 Å². The van der Waals surface area contributed by atoms with Crippen molar-refractivity contribution in [2.45, 2.75) is 19.8 Å². The van der Waals surface area contributed by atoms with Gasteiger partial charge in [0.25, 0.3) is 0 Å². The van der Waals surface area contributed by atoms with Gasteiger partial charge in [0.05, 0.1) is 0 Å². The molecule has 1 rings (SSSR count). The zero-order chi connectivity index (χ0) is 8.97. The van der Waals surface area contributed by atoms with Crippen molar-refractivity contribution in [3.05, 3.63) is 35.4 Å². The summed E-state index contributed by atoms with van der Waals surface area (Å²) in [5.41, 5.74) is 7.79. The molecule has 0 amide bonds. The van der Waals surface area contributed by atoms with Crippen LogP contribution in [0.1, 0.15) is 24.5 Å². The highest BCUT2D eigenvalue weighted by Gasteiger charge is 1.96. The van der Waals surface area contributed by atoms with Crippen molar-refractivity contribution >= 4 is 17.2 Å². The monoisotopic (exact) mass is 179 g/mol. The van der Waals surface area contributed by atoms with Gasteiger partial charge in [0.15, 0.2) is 0 Å². The van der Waals surface area contributed by atoms with E-state index in [1.807, 2.05) is 12.1 Å². The smallest absolute Gasteiger partial charge is 0.103 e. The van der Waals surface area contributed by atoms with Gasteiger partial charge in [0.1, 0.15) is 4.99 Å². The number of hydrogen-bond acceptors (Lipinski definition) is 1. The second-order valence-electron chi connectivity index (χ2n) is 2.81. The topological polar surface area (TPSA) is 26.0 Å². The van der Waals surface area contributed by atoms with Crippen LogP contribution in [0.4, 0.5) is 0 Å². The summed E-state index contributed by atoms with van der Waals surface area (Å²) in [7, 11) is 0. The number of thiocarbonyl (C=S) groups is 1. The Balaban J connectivity index is 2.88. The maximum Gasteiger partial charge on any atom is 0.103 e. The van der Waals surface area contributed by atoms with Gasteiger partial charge in [-0.05, 0) is 18.1 Å². The Morgan fingerprint density at radius 2 is 2.25 bits per heavy atom. The first-order chi connectivity index (χ1) is 5.74. The number of benzene rings is 1. The van der Waals surface area contributed by atoms with Crippen LogP contribution in [0.15, 0.2) is 24.3 Å². The minimum absolute atomic E-state index is 0.480. The Morgan fingerprint density at radius 3 is 2.83 bits per heavy atom. The largest absolute Gasteiger partial charge is 0.389 e. The zero-order valence-corrected chi connectivity index (χ0v) is 8.03. The summed E-state index contributed by atoms with van der Waals surface area (Å²) in [6, 6.07) is 8.11. The molecule has 0 radical (unpaired) electrons. The maximum atomic E-state index is 5.51. The first-order valence-corrected chi connectivity index (χ1v) is 4.53. The van der Waals surface area contributed by atoms with E-state index >= 15 is 0 Å². The molecule has 0 aliphatic heterocycles. The molecule has 0 fully saturated rings. The Labute approximate surface area is 78.6 Å². The standard InChI is InChI=1S/C10H13NS/c1-2-4-8-5-3-6-9(7-8)10(11)12/h3,5-7H,2,4H2,1H3,(H2,11,12).